The van der Waals surface area contributed by atoms with Crippen LogP contribution < -0.4 is 21.7 Å². The van der Waals surface area contributed by atoms with Gasteiger partial charge in [0.05, 0.1) is 118 Å². The fourth-order valence-corrected chi connectivity index (χ4v) is 16.5. The zero-order chi connectivity index (χ0) is 103. The molecule has 0 aliphatic carbocycles. The number of alkyl carbamates (subject to hydrolysis) is 2. The van der Waals surface area contributed by atoms with Crippen molar-refractivity contribution >= 4 is 60.9 Å². The average Bonchev–Trinajstić information content (AvgIpc) is 1.60. The molecule has 0 spiro atoms. The molecular formula is C101H150N14O24. The first-order valence-corrected chi connectivity index (χ1v) is 47.8. The van der Waals surface area contributed by atoms with E-state index in [1.165, 1.54) is 9.80 Å². The lowest BCUT2D eigenvalue weighted by molar-refractivity contribution is 0.0110. The standard InChI is InChI=1S/2C19H26N2O5.C19H26N2O4.C11H16N2O3.C11H20N2O3.C11H20N2O2.C11H16N2O2/c1-19(2,3)26-18(23)21-11-15-16(25-15)14(21)9-10-20-17(22)24-12-13-7-5-4-6-8-13;1-19(2,3)26-18(24)21-11-15(22)16-14(21)9-10-20(16)17(23)25-12-13-7-5-4-6-8-13;1-19(2,3)25-18(23)21-13-7-10-16(21)11-12-20-17(22)24-14-15-8-5-4-6-9-15;1-11(2,3)16-10(14)13-6-8-9(15-8)7(13)4-5-12;1-11(2,3)16-10(15)13-6-8(14)9-7(13)4-5-12-9;2*1-11(2,3)15-10(14)13-8-4-5-9(13)6-7-12/h4-8,14-16H,9-12H2,1-3H3,(H,20,22);4-8,14-16,22H,9-12H2,1-3H3;4-10,16H,11-14H2,1-3H3,(H,20,22);7-9H,4,6H2,1-3H3;7-9,12,14H,4-6H2,1-3H3;4-5,9H,6-8,12H2,1-3H3;4-5,9H,6,8H2,1-3H3/t14-,15+,16-;14?,15-,16-;16-;7-,8+,9-;7?,8-,9-;2*9-/m1001000/s1. The topological polar surface area (TPSA) is 464 Å². The van der Waals surface area contributed by atoms with Crippen LogP contribution in [0.3, 0.4) is 0 Å². The molecule has 0 bridgehead atoms. The van der Waals surface area contributed by atoms with E-state index in [9.17, 15) is 58.2 Å². The molecule has 8 saturated heterocycles. The second-order valence-corrected chi connectivity index (χ2v) is 42.2. The largest absolute Gasteiger partial charge is 0.445 e. The number of ether oxygens (including phenoxy) is 12. The molecule has 15 atom stereocenters. The molecule has 3 aromatic rings. The van der Waals surface area contributed by atoms with Gasteiger partial charge < -0.3 is 103 Å². The van der Waals surface area contributed by atoms with Gasteiger partial charge >= 0.3 is 60.9 Å². The van der Waals surface area contributed by atoms with Crippen LogP contribution in [0, 0.1) is 22.7 Å². The molecule has 38 nitrogen and oxygen atoms in total. The molecular weight excluding hydrogens is 1790 g/mol. The minimum Gasteiger partial charge on any atom is -0.445 e. The molecule has 14 rings (SSSR count). The SMILES string of the molecule is CC(C)(C)OC(=O)N1CC=C[C@H]1CC#N.CC(C)(C)OC(=O)N1CC=C[C@H]1CCN.CC(C)(C)OC(=O)N1CC=C[C@H]1CCNC(=O)OCc1ccccc1.CC(C)(C)OC(=O)N1C[C@@H]2O[C@@H]2[C@H]1CC#N.CC(C)(C)OC(=O)N1C[C@@H]2O[C@@H]2[C@H]1CCNC(=O)OCc1ccccc1.CC(C)(C)OC(=O)N1C[C@H](O)[C@@H]2C1CCN2C(=O)OCc1ccccc1.CC(C)(C)OC(=O)N1C[C@H](O)[C@H]2NCCC21. The summed E-state index contributed by atoms with van der Waals surface area (Å²) in [4.78, 5) is 133. The number of nitrogens with two attached hydrogens (primary N) is 1. The molecule has 0 saturated carbocycles. The number of amides is 10. The van der Waals surface area contributed by atoms with Crippen molar-refractivity contribution in [1.29, 1.82) is 10.5 Å². The molecule has 11 heterocycles. The monoisotopic (exact) mass is 1940 g/mol. The number of β-amino-alcohol motifs (C(OH)–C–C–N with tert-alkyl or cyclic N) is 2. The minimum absolute atomic E-state index is 0.0209. The summed E-state index contributed by atoms with van der Waals surface area (Å²) in [6.07, 6.45) is 11.0. The van der Waals surface area contributed by atoms with Gasteiger partial charge in [-0.3, -0.25) is 24.5 Å². The number of epoxide rings is 2. The second kappa shape index (κ2) is 50.4. The maximum absolute atomic E-state index is 12.5. The molecule has 3 aromatic carbocycles. The van der Waals surface area contributed by atoms with Crippen molar-refractivity contribution < 1.29 is 115 Å². The third-order valence-corrected chi connectivity index (χ3v) is 22.5. The van der Waals surface area contributed by atoms with Gasteiger partial charge in [-0.1, -0.05) is 127 Å². The average molecular weight is 1940 g/mol. The summed E-state index contributed by atoms with van der Waals surface area (Å²) in [5, 5.41) is 46.2. The molecule has 2 unspecified atom stereocenters. The number of likely N-dealkylation sites (tertiary alicyclic amines) is 5. The third-order valence-electron chi connectivity index (χ3n) is 22.5. The Morgan fingerprint density at radius 3 is 1.15 bits per heavy atom. The first-order chi connectivity index (χ1) is 65.1. The van der Waals surface area contributed by atoms with Gasteiger partial charge in [-0.25, -0.2) is 47.9 Å². The summed E-state index contributed by atoms with van der Waals surface area (Å²) >= 11 is 0. The van der Waals surface area contributed by atoms with E-state index >= 15 is 0 Å². The third kappa shape index (κ3) is 37.5. The Balaban J connectivity index is 0.000000201. The zero-order valence-corrected chi connectivity index (χ0v) is 84.8. The van der Waals surface area contributed by atoms with Crippen LogP contribution in [0.5, 0.6) is 0 Å². The van der Waals surface area contributed by atoms with Crippen LogP contribution in [0.25, 0.3) is 0 Å². The summed E-state index contributed by atoms with van der Waals surface area (Å²) in [7, 11) is 0. The molecule has 768 valence electrons. The van der Waals surface area contributed by atoms with Gasteiger partial charge in [0.25, 0.3) is 0 Å². The number of morpholine rings is 2. The van der Waals surface area contributed by atoms with Gasteiger partial charge in [0.15, 0.2) is 0 Å². The Labute approximate surface area is 818 Å². The first-order valence-electron chi connectivity index (χ1n) is 47.8. The molecule has 38 heteroatoms. The van der Waals surface area contributed by atoms with Gasteiger partial charge in [0.2, 0.25) is 0 Å². The van der Waals surface area contributed by atoms with Crippen LogP contribution in [0.4, 0.5) is 47.9 Å². The van der Waals surface area contributed by atoms with E-state index in [2.05, 4.69) is 28.1 Å². The summed E-state index contributed by atoms with van der Waals surface area (Å²) in [6.45, 7) is 45.2. The maximum atomic E-state index is 12.5. The molecule has 10 amide bonds. The highest BCUT2D eigenvalue weighted by atomic mass is 16.6. The number of aliphatic hydroxyl groups is 2. The Bertz CT molecular complexity index is 4700. The Hall–Kier alpha value is -11.7. The maximum Gasteiger partial charge on any atom is 0.411 e. The number of carbonyl (C=O) groups excluding carboxylic acids is 10. The van der Waals surface area contributed by atoms with Crippen LogP contribution >= 0.6 is 0 Å². The van der Waals surface area contributed by atoms with Crippen molar-refractivity contribution in [3.8, 4) is 12.1 Å². The van der Waals surface area contributed by atoms with Gasteiger partial charge in [-0.2, -0.15) is 10.5 Å². The number of fused-ring (bicyclic) bond motifs is 4. The van der Waals surface area contributed by atoms with E-state index in [4.69, 9.17) is 73.1 Å². The smallest absolute Gasteiger partial charge is 0.411 e. The summed E-state index contributed by atoms with van der Waals surface area (Å²) in [5.74, 6) is 0. The quantitative estimate of drug-likeness (QED) is 0.0441. The van der Waals surface area contributed by atoms with E-state index in [0.29, 0.717) is 97.6 Å². The van der Waals surface area contributed by atoms with Crippen molar-refractivity contribution in [2.24, 2.45) is 5.73 Å². The number of hydrogen-bond acceptors (Lipinski definition) is 28. The van der Waals surface area contributed by atoms with Gasteiger partial charge in [-0.05, 0) is 207 Å². The van der Waals surface area contributed by atoms with Crippen LogP contribution in [0.2, 0.25) is 0 Å². The fraction of sp³-hybridized carbons (Fsp3) is 0.644. The highest BCUT2D eigenvalue weighted by molar-refractivity contribution is 5.75. The van der Waals surface area contributed by atoms with E-state index < -0.39 is 81.8 Å². The minimum atomic E-state index is -0.806. The molecule has 0 aromatic heterocycles. The van der Waals surface area contributed by atoms with E-state index in [1.807, 2.05) is 252 Å². The van der Waals surface area contributed by atoms with Crippen LogP contribution in [0.15, 0.2) is 127 Å². The van der Waals surface area contributed by atoms with Gasteiger partial charge in [0, 0.05) is 39.3 Å². The number of hydrogen-bond donors (Lipinski definition) is 6. The van der Waals surface area contributed by atoms with E-state index in [0.717, 1.165) is 36.1 Å². The number of nitriles is 2. The van der Waals surface area contributed by atoms with Crippen molar-refractivity contribution in [3.63, 3.8) is 0 Å². The lowest BCUT2D eigenvalue weighted by Gasteiger charge is -2.30. The predicted molar refractivity (Wildman–Crippen MR) is 515 cm³/mol. The Morgan fingerprint density at radius 2 is 0.748 bits per heavy atom. The van der Waals surface area contributed by atoms with Crippen LogP contribution in [0.1, 0.15) is 207 Å². The number of nitrogens with one attached hydrogen (secondary N) is 3. The molecule has 11 aliphatic rings. The predicted octanol–water partition coefficient (Wildman–Crippen LogP) is 13.7. The van der Waals surface area contributed by atoms with Crippen molar-refractivity contribution in [1.82, 2.24) is 55.1 Å². The first kappa shape index (κ1) is 113. The normalized spacial score (nSPS) is 24.2. The van der Waals surface area contributed by atoms with Crippen molar-refractivity contribution in [2.45, 2.75) is 340 Å². The molecule has 8 fully saturated rings. The van der Waals surface area contributed by atoms with Gasteiger partial charge in [-0.15, -0.1) is 0 Å². The lowest BCUT2D eigenvalue weighted by atomic mass is 10.1. The van der Waals surface area contributed by atoms with Crippen LogP contribution in [-0.2, 0) is 76.7 Å². The zero-order valence-electron chi connectivity index (χ0n) is 84.8. The highest BCUT2D eigenvalue weighted by Crippen LogP contribution is 2.41. The summed E-state index contributed by atoms with van der Waals surface area (Å²) in [5.41, 5.74) is 4.69. The molecule has 7 N–H and O–H groups in total. The van der Waals surface area contributed by atoms with Gasteiger partial charge in [0.1, 0.15) is 83.4 Å². The number of aliphatic hydroxyl groups excluding tert-OH is 2. The van der Waals surface area contributed by atoms with Crippen molar-refractivity contribution in [2.75, 3.05) is 78.5 Å². The number of benzene rings is 3. The second-order valence-electron chi connectivity index (χ2n) is 42.2. The Morgan fingerprint density at radius 1 is 0.403 bits per heavy atom. The Kier molecular flexibility index (Phi) is 40.9. The number of carbonyl (C=O) groups is 10. The molecule has 139 heavy (non-hydrogen) atoms. The summed E-state index contributed by atoms with van der Waals surface area (Å²) < 4.78 is 64.0. The number of rotatable bonds is 16. The lowest BCUT2D eigenvalue weighted by Crippen LogP contribution is -2.45. The summed E-state index contributed by atoms with van der Waals surface area (Å²) in [6, 6.07) is 31.7. The van der Waals surface area contributed by atoms with Crippen LogP contribution in [-0.4, -0.2) is 319 Å². The highest BCUT2D eigenvalue weighted by Gasteiger charge is 2.59. The molecule has 11 aliphatic heterocycles. The van der Waals surface area contributed by atoms with E-state index in [-0.39, 0.29) is 136 Å². The van der Waals surface area contributed by atoms with Crippen molar-refractivity contribution in [3.05, 3.63) is 144 Å². The van der Waals surface area contributed by atoms with E-state index in [1.54, 1.807) is 50.2 Å². The molecule has 0 radical (unpaired) electrons. The fourth-order valence-electron chi connectivity index (χ4n) is 16.5. The number of nitrogens with zero attached hydrogens (tertiary/aromatic N) is 10.